The molecule has 0 fully saturated rings. The zero-order valence-electron chi connectivity index (χ0n) is 8.65. The molecule has 0 aliphatic carbocycles. The highest BCUT2D eigenvalue weighted by molar-refractivity contribution is 6.21. The molecule has 1 heterocycles. The van der Waals surface area contributed by atoms with Crippen molar-refractivity contribution in [2.24, 2.45) is 5.73 Å². The third-order valence-electron chi connectivity index (χ3n) is 2.37. The molecule has 2 rings (SSSR count). The van der Waals surface area contributed by atoms with Gasteiger partial charge in [0.25, 0.3) is 11.8 Å². The minimum absolute atomic E-state index is 0.317. The maximum atomic E-state index is 11.9. The van der Waals surface area contributed by atoms with Crippen molar-refractivity contribution in [3.8, 4) is 0 Å². The topological polar surface area (TPSA) is 63.4 Å². The van der Waals surface area contributed by atoms with E-state index in [-0.39, 0.29) is 11.8 Å². The van der Waals surface area contributed by atoms with E-state index in [0.29, 0.717) is 11.1 Å². The lowest BCUT2D eigenvalue weighted by Gasteiger charge is -2.29. The summed E-state index contributed by atoms with van der Waals surface area (Å²) in [6.07, 6.45) is 0. The largest absolute Gasteiger partial charge is 0.309 e. The molecule has 0 spiro atoms. The number of carbonyl (C=O) groups excluding carboxylic acids is 2. The van der Waals surface area contributed by atoms with Crippen molar-refractivity contribution < 1.29 is 9.59 Å². The molecule has 15 heavy (non-hydrogen) atoms. The molecule has 0 saturated carbocycles. The molecule has 0 radical (unpaired) electrons. The number of rotatable bonds is 1. The van der Waals surface area contributed by atoms with Crippen molar-refractivity contribution in [3.63, 3.8) is 0 Å². The number of carbonyl (C=O) groups is 2. The molecular formula is C11H12N2O2. The summed E-state index contributed by atoms with van der Waals surface area (Å²) in [5.41, 5.74) is 5.68. The molecule has 0 saturated heterocycles. The van der Waals surface area contributed by atoms with Crippen molar-refractivity contribution >= 4 is 11.8 Å². The Labute approximate surface area is 87.7 Å². The fraction of sp³-hybridized carbons (Fsp3) is 0.273. The van der Waals surface area contributed by atoms with Crippen LogP contribution in [0.4, 0.5) is 0 Å². The first-order valence-electron chi connectivity index (χ1n) is 4.70. The monoisotopic (exact) mass is 204 g/mol. The molecule has 4 nitrogen and oxygen atoms in total. The van der Waals surface area contributed by atoms with Crippen LogP contribution in [0.25, 0.3) is 0 Å². The fourth-order valence-electron chi connectivity index (χ4n) is 1.71. The lowest BCUT2D eigenvalue weighted by atomic mass is 10.1. The third kappa shape index (κ3) is 1.34. The first-order valence-corrected chi connectivity index (χ1v) is 4.70. The first kappa shape index (κ1) is 9.86. The van der Waals surface area contributed by atoms with Gasteiger partial charge in [0.2, 0.25) is 0 Å². The molecule has 2 N–H and O–H groups in total. The number of fused-ring (bicyclic) bond motifs is 1. The lowest BCUT2D eigenvalue weighted by molar-refractivity contribution is 0.0491. The highest BCUT2D eigenvalue weighted by Gasteiger charge is 2.41. The number of nitrogens with zero attached hydrogens (tertiary/aromatic N) is 1. The fourth-order valence-corrected chi connectivity index (χ4v) is 1.71. The molecule has 1 aliphatic heterocycles. The average molecular weight is 204 g/mol. The van der Waals surface area contributed by atoms with Gasteiger partial charge in [0.1, 0.15) is 0 Å². The van der Waals surface area contributed by atoms with Gasteiger partial charge in [0.15, 0.2) is 0 Å². The molecule has 0 bridgehead atoms. The number of nitrogens with two attached hydrogens (primary N) is 1. The molecule has 4 heteroatoms. The molecule has 1 aromatic carbocycles. The summed E-state index contributed by atoms with van der Waals surface area (Å²) in [6, 6.07) is 6.75. The van der Waals surface area contributed by atoms with E-state index >= 15 is 0 Å². The number of imide groups is 1. The standard InChI is InChI=1S/C11H12N2O2/c1-11(2,12)13-9(14)7-5-3-4-6-8(7)10(13)15/h3-6H,12H2,1-2H3. The van der Waals surface area contributed by atoms with Gasteiger partial charge >= 0.3 is 0 Å². The van der Waals surface area contributed by atoms with E-state index in [4.69, 9.17) is 5.73 Å². The average Bonchev–Trinajstić information content (AvgIpc) is 2.39. The van der Waals surface area contributed by atoms with Crippen LogP contribution in [0, 0.1) is 0 Å². The Hall–Kier alpha value is -1.68. The van der Waals surface area contributed by atoms with E-state index < -0.39 is 5.66 Å². The predicted molar refractivity (Wildman–Crippen MR) is 55.2 cm³/mol. The third-order valence-corrected chi connectivity index (χ3v) is 2.37. The van der Waals surface area contributed by atoms with Crippen molar-refractivity contribution in [2.75, 3.05) is 0 Å². The van der Waals surface area contributed by atoms with Crippen LogP contribution in [0.1, 0.15) is 34.6 Å². The molecule has 0 aromatic heterocycles. The Morgan fingerprint density at radius 3 is 1.80 bits per heavy atom. The van der Waals surface area contributed by atoms with Gasteiger partial charge in [-0.1, -0.05) is 12.1 Å². The van der Waals surface area contributed by atoms with Crippen LogP contribution in [0.15, 0.2) is 24.3 Å². The van der Waals surface area contributed by atoms with E-state index in [1.807, 2.05) is 0 Å². The highest BCUT2D eigenvalue weighted by atomic mass is 16.2. The van der Waals surface area contributed by atoms with E-state index in [0.717, 1.165) is 4.90 Å². The van der Waals surface area contributed by atoms with Gasteiger partial charge in [0, 0.05) is 0 Å². The summed E-state index contributed by atoms with van der Waals surface area (Å²) < 4.78 is 0. The summed E-state index contributed by atoms with van der Waals surface area (Å²) in [7, 11) is 0. The molecular weight excluding hydrogens is 192 g/mol. The van der Waals surface area contributed by atoms with Gasteiger partial charge in [-0.2, -0.15) is 0 Å². The van der Waals surface area contributed by atoms with Gasteiger partial charge < -0.3 is 5.73 Å². The number of amides is 2. The zero-order chi connectivity index (χ0) is 11.2. The summed E-state index contributed by atoms with van der Waals surface area (Å²) in [6.45, 7) is 3.27. The molecule has 78 valence electrons. The number of benzene rings is 1. The Bertz CT molecular complexity index is 411. The van der Waals surface area contributed by atoms with Gasteiger partial charge in [-0.3, -0.25) is 14.5 Å². The minimum atomic E-state index is -0.965. The summed E-state index contributed by atoms with van der Waals surface area (Å²) in [4.78, 5) is 24.9. The molecule has 1 aliphatic rings. The zero-order valence-corrected chi connectivity index (χ0v) is 8.65. The molecule has 0 atom stereocenters. The van der Waals surface area contributed by atoms with Crippen LogP contribution < -0.4 is 5.73 Å². The second-order valence-electron chi connectivity index (χ2n) is 4.14. The highest BCUT2D eigenvalue weighted by Crippen LogP contribution is 2.26. The van der Waals surface area contributed by atoms with E-state index in [1.165, 1.54) is 0 Å². The smallest absolute Gasteiger partial charge is 0.263 e. The SMILES string of the molecule is CC(C)(N)N1C(=O)c2ccccc2C1=O. The Morgan fingerprint density at radius 2 is 1.47 bits per heavy atom. The van der Waals surface area contributed by atoms with Crippen molar-refractivity contribution in [2.45, 2.75) is 19.5 Å². The van der Waals surface area contributed by atoms with Crippen molar-refractivity contribution in [1.29, 1.82) is 0 Å². The van der Waals surface area contributed by atoms with Crippen LogP contribution in [0.3, 0.4) is 0 Å². The number of hydrogen-bond acceptors (Lipinski definition) is 3. The second kappa shape index (κ2) is 2.90. The maximum Gasteiger partial charge on any atom is 0.263 e. The quantitative estimate of drug-likeness (QED) is 0.693. The molecule has 1 aromatic rings. The predicted octanol–water partition coefficient (Wildman–Crippen LogP) is 0.977. The summed E-state index contributed by atoms with van der Waals surface area (Å²) in [5.74, 6) is -0.633. The van der Waals surface area contributed by atoms with E-state index in [1.54, 1.807) is 38.1 Å². The van der Waals surface area contributed by atoms with Crippen LogP contribution >= 0.6 is 0 Å². The first-order chi connectivity index (χ1) is 6.93. The van der Waals surface area contributed by atoms with Crippen LogP contribution in [-0.4, -0.2) is 22.4 Å². The normalized spacial score (nSPS) is 15.8. The summed E-state index contributed by atoms with van der Waals surface area (Å²) in [5, 5.41) is 0. The van der Waals surface area contributed by atoms with Gasteiger partial charge in [0.05, 0.1) is 16.8 Å². The van der Waals surface area contributed by atoms with Crippen LogP contribution in [0.5, 0.6) is 0 Å². The van der Waals surface area contributed by atoms with Gasteiger partial charge in [-0.15, -0.1) is 0 Å². The minimum Gasteiger partial charge on any atom is -0.309 e. The van der Waals surface area contributed by atoms with E-state index in [9.17, 15) is 9.59 Å². The second-order valence-corrected chi connectivity index (χ2v) is 4.14. The van der Waals surface area contributed by atoms with Crippen LogP contribution in [-0.2, 0) is 0 Å². The van der Waals surface area contributed by atoms with Crippen LogP contribution in [0.2, 0.25) is 0 Å². The Balaban J connectivity index is 2.55. The summed E-state index contributed by atoms with van der Waals surface area (Å²) >= 11 is 0. The van der Waals surface area contributed by atoms with Gasteiger partial charge in [-0.05, 0) is 26.0 Å². The Morgan fingerprint density at radius 1 is 1.07 bits per heavy atom. The number of hydrogen-bond donors (Lipinski definition) is 1. The van der Waals surface area contributed by atoms with E-state index in [2.05, 4.69) is 0 Å². The molecule has 2 amide bonds. The molecule has 0 unspecified atom stereocenters. The van der Waals surface area contributed by atoms with Crippen molar-refractivity contribution in [1.82, 2.24) is 4.90 Å². The maximum absolute atomic E-state index is 11.9. The lowest BCUT2D eigenvalue weighted by Crippen LogP contribution is -2.53. The van der Waals surface area contributed by atoms with Crippen molar-refractivity contribution in [3.05, 3.63) is 35.4 Å². The van der Waals surface area contributed by atoms with Gasteiger partial charge in [-0.25, -0.2) is 0 Å². The Kier molecular flexibility index (Phi) is 1.91.